The predicted octanol–water partition coefficient (Wildman–Crippen LogP) is 7.96. The van der Waals surface area contributed by atoms with Gasteiger partial charge in [-0.2, -0.15) is 13.2 Å². The van der Waals surface area contributed by atoms with Crippen LogP contribution < -0.4 is 0 Å². The molecule has 3 atom stereocenters. The topological polar surface area (TPSA) is 18.5 Å². The minimum atomic E-state index is -4.57. The van der Waals surface area contributed by atoms with Gasteiger partial charge < -0.3 is 9.47 Å². The molecule has 5 heteroatoms. The number of hydrogen-bond donors (Lipinski definition) is 0. The second kappa shape index (κ2) is 10.8. The van der Waals surface area contributed by atoms with Crippen LogP contribution in [0.3, 0.4) is 0 Å². The van der Waals surface area contributed by atoms with Gasteiger partial charge in [-0.3, -0.25) is 0 Å². The van der Waals surface area contributed by atoms with Crippen LogP contribution in [0.5, 0.6) is 0 Å². The Labute approximate surface area is 175 Å². The van der Waals surface area contributed by atoms with Gasteiger partial charge in [-0.05, 0) is 36.8 Å². The molecule has 1 aromatic carbocycles. The fourth-order valence-corrected chi connectivity index (χ4v) is 3.06. The standard InChI is InChI=1S/C24H39F3O2/c1-8-10-11-12-17-28-21(22(4,5)6)29-23(7,24(25,26)27)20-15-13-19(14-16-20)18(3)9-2/h13-16,18,21H,8-12,17H2,1-7H3. The van der Waals surface area contributed by atoms with Crippen molar-refractivity contribution in [3.05, 3.63) is 35.4 Å². The molecule has 0 N–H and O–H groups in total. The molecular weight excluding hydrogens is 377 g/mol. The highest BCUT2D eigenvalue weighted by atomic mass is 19.4. The van der Waals surface area contributed by atoms with Crippen molar-refractivity contribution in [2.24, 2.45) is 5.41 Å². The Hall–Kier alpha value is -1.07. The maximum atomic E-state index is 14.2. The number of unbranched alkanes of at least 4 members (excludes halogenated alkanes) is 3. The normalized spacial score (nSPS) is 17.0. The summed E-state index contributed by atoms with van der Waals surface area (Å²) < 4.78 is 54.1. The molecule has 0 aromatic heterocycles. The van der Waals surface area contributed by atoms with Gasteiger partial charge in [-0.1, -0.05) is 85.1 Å². The van der Waals surface area contributed by atoms with E-state index in [2.05, 4.69) is 20.8 Å². The van der Waals surface area contributed by atoms with Crippen LogP contribution in [0.2, 0.25) is 0 Å². The van der Waals surface area contributed by atoms with Crippen LogP contribution in [0.25, 0.3) is 0 Å². The summed E-state index contributed by atoms with van der Waals surface area (Å²) in [5, 5.41) is 0. The van der Waals surface area contributed by atoms with Gasteiger partial charge in [0.25, 0.3) is 0 Å². The van der Waals surface area contributed by atoms with Crippen LogP contribution in [0.15, 0.2) is 24.3 Å². The highest BCUT2D eigenvalue weighted by molar-refractivity contribution is 5.30. The second-order valence-corrected chi connectivity index (χ2v) is 9.21. The summed E-state index contributed by atoms with van der Waals surface area (Å²) in [5.41, 5.74) is -1.91. The van der Waals surface area contributed by atoms with Gasteiger partial charge in [0.15, 0.2) is 11.9 Å². The highest BCUT2D eigenvalue weighted by Crippen LogP contribution is 2.45. The van der Waals surface area contributed by atoms with Crippen molar-refractivity contribution in [1.82, 2.24) is 0 Å². The fourth-order valence-electron chi connectivity index (χ4n) is 3.06. The summed E-state index contributed by atoms with van der Waals surface area (Å²) in [4.78, 5) is 0. The van der Waals surface area contributed by atoms with Gasteiger partial charge in [0.2, 0.25) is 0 Å². The quantitative estimate of drug-likeness (QED) is 0.269. The van der Waals surface area contributed by atoms with E-state index >= 15 is 0 Å². The zero-order valence-corrected chi connectivity index (χ0v) is 19.2. The van der Waals surface area contributed by atoms with E-state index in [0.717, 1.165) is 44.6 Å². The summed E-state index contributed by atoms with van der Waals surface area (Å²) in [6.45, 7) is 13.3. The largest absolute Gasteiger partial charge is 0.421 e. The molecule has 0 spiro atoms. The molecule has 0 radical (unpaired) electrons. The molecule has 29 heavy (non-hydrogen) atoms. The van der Waals surface area contributed by atoms with Gasteiger partial charge in [-0.25, -0.2) is 0 Å². The van der Waals surface area contributed by atoms with Crippen molar-refractivity contribution in [2.75, 3.05) is 6.61 Å². The number of rotatable bonds is 11. The van der Waals surface area contributed by atoms with E-state index in [9.17, 15) is 13.2 Å². The van der Waals surface area contributed by atoms with Crippen molar-refractivity contribution >= 4 is 0 Å². The minimum Gasteiger partial charge on any atom is -0.352 e. The molecule has 0 aliphatic rings. The van der Waals surface area contributed by atoms with E-state index in [1.54, 1.807) is 12.1 Å². The van der Waals surface area contributed by atoms with Crippen molar-refractivity contribution < 1.29 is 22.6 Å². The third-order valence-corrected chi connectivity index (χ3v) is 5.50. The Morgan fingerprint density at radius 3 is 1.93 bits per heavy atom. The molecule has 2 nitrogen and oxygen atoms in total. The van der Waals surface area contributed by atoms with Crippen molar-refractivity contribution in [3.8, 4) is 0 Å². The van der Waals surface area contributed by atoms with Gasteiger partial charge in [-0.15, -0.1) is 0 Å². The van der Waals surface area contributed by atoms with E-state index < -0.39 is 23.5 Å². The lowest BCUT2D eigenvalue weighted by Crippen LogP contribution is -2.48. The molecule has 168 valence electrons. The summed E-state index contributed by atoms with van der Waals surface area (Å²) in [7, 11) is 0. The van der Waals surface area contributed by atoms with Gasteiger partial charge in [0.05, 0.1) is 0 Å². The van der Waals surface area contributed by atoms with Crippen LogP contribution in [-0.2, 0) is 15.1 Å². The maximum Gasteiger partial charge on any atom is 0.421 e. The lowest BCUT2D eigenvalue weighted by Gasteiger charge is -2.40. The molecule has 0 saturated carbocycles. The molecular formula is C24H39F3O2. The van der Waals surface area contributed by atoms with Crippen LogP contribution in [0.1, 0.15) is 97.6 Å². The van der Waals surface area contributed by atoms with Crippen molar-refractivity contribution in [1.29, 1.82) is 0 Å². The van der Waals surface area contributed by atoms with Crippen LogP contribution in [0.4, 0.5) is 13.2 Å². The number of alkyl halides is 3. The van der Waals surface area contributed by atoms with Crippen LogP contribution >= 0.6 is 0 Å². The summed E-state index contributed by atoms with van der Waals surface area (Å²) >= 11 is 0. The Morgan fingerprint density at radius 2 is 1.48 bits per heavy atom. The van der Waals surface area contributed by atoms with E-state index in [-0.39, 0.29) is 5.56 Å². The number of benzene rings is 1. The van der Waals surface area contributed by atoms with Gasteiger partial charge in [0, 0.05) is 12.0 Å². The Kier molecular flexibility index (Phi) is 9.68. The van der Waals surface area contributed by atoms with Crippen molar-refractivity contribution in [2.45, 2.75) is 105 Å². The fraction of sp³-hybridized carbons (Fsp3) is 0.750. The number of hydrogen-bond acceptors (Lipinski definition) is 2. The van der Waals surface area contributed by atoms with E-state index in [4.69, 9.17) is 9.47 Å². The molecule has 0 bridgehead atoms. The Morgan fingerprint density at radius 1 is 0.897 bits per heavy atom. The smallest absolute Gasteiger partial charge is 0.352 e. The molecule has 1 rings (SSSR count). The van der Waals surface area contributed by atoms with E-state index in [1.807, 2.05) is 20.8 Å². The van der Waals surface area contributed by atoms with Crippen LogP contribution in [-0.4, -0.2) is 19.1 Å². The number of ether oxygens (including phenoxy) is 2. The highest BCUT2D eigenvalue weighted by Gasteiger charge is 2.56. The summed E-state index contributed by atoms with van der Waals surface area (Å²) in [6.07, 6.45) is -0.600. The Bertz CT molecular complexity index is 590. The van der Waals surface area contributed by atoms with Gasteiger partial charge in [0.1, 0.15) is 0 Å². The number of halogens is 3. The molecule has 0 fully saturated rings. The first-order valence-electron chi connectivity index (χ1n) is 10.8. The van der Waals surface area contributed by atoms with E-state index in [0.29, 0.717) is 12.5 Å². The third kappa shape index (κ3) is 7.29. The van der Waals surface area contributed by atoms with E-state index in [1.165, 1.54) is 12.1 Å². The SMILES string of the molecule is CCCCCCOC(OC(C)(c1ccc(C(C)CC)cc1)C(F)(F)F)C(C)(C)C. The summed E-state index contributed by atoms with van der Waals surface area (Å²) in [6, 6.07) is 6.62. The lowest BCUT2D eigenvalue weighted by atomic mass is 9.89. The molecule has 3 unspecified atom stereocenters. The Balaban J connectivity index is 3.10. The monoisotopic (exact) mass is 416 g/mol. The first-order chi connectivity index (χ1) is 13.4. The molecule has 0 aliphatic carbocycles. The third-order valence-electron chi connectivity index (χ3n) is 5.50. The zero-order chi connectivity index (χ0) is 22.3. The van der Waals surface area contributed by atoms with Crippen molar-refractivity contribution in [3.63, 3.8) is 0 Å². The van der Waals surface area contributed by atoms with Gasteiger partial charge >= 0.3 is 6.18 Å². The first-order valence-corrected chi connectivity index (χ1v) is 10.8. The van der Waals surface area contributed by atoms with Crippen LogP contribution in [0, 0.1) is 5.41 Å². The molecule has 1 aromatic rings. The predicted molar refractivity (Wildman–Crippen MR) is 113 cm³/mol. The average molecular weight is 417 g/mol. The maximum absolute atomic E-state index is 14.2. The molecule has 0 heterocycles. The second-order valence-electron chi connectivity index (χ2n) is 9.21. The minimum absolute atomic E-state index is 0.0980. The average Bonchev–Trinajstić information content (AvgIpc) is 2.64. The lowest BCUT2D eigenvalue weighted by molar-refractivity contribution is -0.341. The first kappa shape index (κ1) is 26.0. The summed E-state index contributed by atoms with van der Waals surface area (Å²) in [5.74, 6) is 0.302. The molecule has 0 aliphatic heterocycles. The molecule has 0 saturated heterocycles. The zero-order valence-electron chi connectivity index (χ0n) is 19.2. The molecule has 0 amide bonds.